The predicted octanol–water partition coefficient (Wildman–Crippen LogP) is 2.66. The summed E-state index contributed by atoms with van der Waals surface area (Å²) in [4.78, 5) is 2.24. The largest absolute Gasteiger partial charge is 0.373 e. The van der Waals surface area contributed by atoms with Gasteiger partial charge in [-0.2, -0.15) is 0 Å². The van der Waals surface area contributed by atoms with Crippen LogP contribution >= 0.6 is 0 Å². The molecule has 1 saturated carbocycles. The Morgan fingerprint density at radius 1 is 1.22 bits per heavy atom. The van der Waals surface area contributed by atoms with Crippen molar-refractivity contribution in [2.75, 3.05) is 33.8 Å². The molecule has 1 aliphatic carbocycles. The third-order valence-electron chi connectivity index (χ3n) is 4.39. The Morgan fingerprint density at radius 2 is 1.89 bits per heavy atom. The van der Waals surface area contributed by atoms with Gasteiger partial charge in [-0.15, -0.1) is 0 Å². The third-order valence-corrected chi connectivity index (χ3v) is 4.39. The van der Waals surface area contributed by atoms with Gasteiger partial charge >= 0.3 is 0 Å². The molecule has 0 atom stereocenters. The number of nitrogens with zero attached hydrogens (tertiary/aromatic N) is 1. The Hall–Kier alpha value is -0.120. The lowest BCUT2D eigenvalue weighted by molar-refractivity contribution is -0.129. The molecule has 0 aromatic heterocycles. The van der Waals surface area contributed by atoms with Crippen molar-refractivity contribution in [3.8, 4) is 0 Å². The van der Waals surface area contributed by atoms with Crippen molar-refractivity contribution in [1.29, 1.82) is 0 Å². The van der Waals surface area contributed by atoms with Crippen LogP contribution in [0.15, 0.2) is 0 Å². The van der Waals surface area contributed by atoms with Crippen LogP contribution in [0.5, 0.6) is 0 Å². The van der Waals surface area contributed by atoms with Crippen LogP contribution in [0, 0.1) is 0 Å². The molecule has 0 spiro atoms. The second kappa shape index (κ2) is 6.88. The van der Waals surface area contributed by atoms with Gasteiger partial charge in [0, 0.05) is 5.54 Å². The minimum absolute atomic E-state index is 0.124. The van der Waals surface area contributed by atoms with Crippen molar-refractivity contribution in [3.63, 3.8) is 0 Å². The monoisotopic (exact) mass is 256 g/mol. The topological polar surface area (TPSA) is 24.5 Å². The summed E-state index contributed by atoms with van der Waals surface area (Å²) in [6.07, 6.45) is 6.18. The van der Waals surface area contributed by atoms with Crippen LogP contribution in [0.4, 0.5) is 0 Å². The molecule has 108 valence electrons. The van der Waals surface area contributed by atoms with Crippen molar-refractivity contribution in [1.82, 2.24) is 10.2 Å². The molecule has 0 bridgehead atoms. The summed E-state index contributed by atoms with van der Waals surface area (Å²) in [5.41, 5.74) is 0.299. The fraction of sp³-hybridized carbons (Fsp3) is 1.00. The van der Waals surface area contributed by atoms with E-state index in [2.05, 4.69) is 45.1 Å². The average molecular weight is 256 g/mol. The molecule has 0 heterocycles. The maximum Gasteiger partial charge on any atom is 0.0695 e. The van der Waals surface area contributed by atoms with Gasteiger partial charge in [0.25, 0.3) is 0 Å². The first-order valence-corrected chi connectivity index (χ1v) is 7.44. The highest BCUT2D eigenvalue weighted by Crippen LogP contribution is 2.39. The summed E-state index contributed by atoms with van der Waals surface area (Å²) in [6.45, 7) is 9.74. The number of nitrogens with one attached hydrogen (secondary N) is 1. The van der Waals surface area contributed by atoms with Crippen LogP contribution < -0.4 is 5.32 Å². The molecule has 3 nitrogen and oxygen atoms in total. The fourth-order valence-electron chi connectivity index (χ4n) is 2.11. The molecule has 0 aliphatic heterocycles. The Bertz CT molecular complexity index is 235. The fourth-order valence-corrected chi connectivity index (χ4v) is 2.11. The van der Waals surface area contributed by atoms with Crippen LogP contribution in [-0.4, -0.2) is 49.8 Å². The zero-order chi connectivity index (χ0) is 13.6. The summed E-state index contributed by atoms with van der Waals surface area (Å²) >= 11 is 0. The second-order valence-corrected chi connectivity index (χ2v) is 6.53. The van der Waals surface area contributed by atoms with Crippen LogP contribution in [0.1, 0.15) is 52.9 Å². The van der Waals surface area contributed by atoms with Crippen molar-refractivity contribution in [2.24, 2.45) is 0 Å². The maximum absolute atomic E-state index is 6.29. The van der Waals surface area contributed by atoms with E-state index in [1.165, 1.54) is 25.7 Å². The molecule has 0 saturated heterocycles. The number of hydrogen-bond donors (Lipinski definition) is 1. The number of likely N-dealkylation sites (N-methyl/N-ethyl adjacent to an activating group) is 1. The molecule has 1 fully saturated rings. The normalized spacial score (nSPS) is 19.0. The highest BCUT2D eigenvalue weighted by atomic mass is 16.5. The molecule has 18 heavy (non-hydrogen) atoms. The van der Waals surface area contributed by atoms with Gasteiger partial charge in [0.15, 0.2) is 0 Å². The molecule has 1 aliphatic rings. The van der Waals surface area contributed by atoms with Crippen LogP contribution in [0.25, 0.3) is 0 Å². The lowest BCUT2D eigenvalue weighted by Crippen LogP contribution is -2.49. The molecule has 0 unspecified atom stereocenters. The number of hydrogen-bond acceptors (Lipinski definition) is 3. The lowest BCUT2D eigenvalue weighted by atomic mass is 9.77. The Balaban J connectivity index is 2.32. The molecule has 0 aromatic rings. The first kappa shape index (κ1) is 15.9. The summed E-state index contributed by atoms with van der Waals surface area (Å²) in [5, 5.41) is 3.49. The van der Waals surface area contributed by atoms with Crippen molar-refractivity contribution < 1.29 is 4.74 Å². The Labute approximate surface area is 113 Å². The highest BCUT2D eigenvalue weighted by molar-refractivity contribution is 4.92. The van der Waals surface area contributed by atoms with Gasteiger partial charge in [0.2, 0.25) is 0 Å². The smallest absolute Gasteiger partial charge is 0.0695 e. The van der Waals surface area contributed by atoms with Crippen LogP contribution in [-0.2, 0) is 4.74 Å². The van der Waals surface area contributed by atoms with Gasteiger partial charge in [-0.25, -0.2) is 0 Å². The SMILES string of the molecule is CCCNCCC1(OCC(C)(C)N(C)C)CCC1. The van der Waals surface area contributed by atoms with Gasteiger partial charge in [-0.05, 0) is 73.1 Å². The van der Waals surface area contributed by atoms with E-state index in [1.54, 1.807) is 0 Å². The maximum atomic E-state index is 6.29. The highest BCUT2D eigenvalue weighted by Gasteiger charge is 2.39. The van der Waals surface area contributed by atoms with E-state index in [0.29, 0.717) is 0 Å². The van der Waals surface area contributed by atoms with E-state index in [0.717, 1.165) is 26.1 Å². The van der Waals surface area contributed by atoms with Crippen molar-refractivity contribution in [2.45, 2.75) is 64.0 Å². The van der Waals surface area contributed by atoms with E-state index in [9.17, 15) is 0 Å². The molecule has 3 heteroatoms. The minimum Gasteiger partial charge on any atom is -0.373 e. The zero-order valence-electron chi connectivity index (χ0n) is 13.0. The van der Waals surface area contributed by atoms with Crippen LogP contribution in [0.2, 0.25) is 0 Å². The van der Waals surface area contributed by atoms with E-state index in [-0.39, 0.29) is 11.1 Å². The molecule has 0 radical (unpaired) electrons. The molecule has 1 N–H and O–H groups in total. The molecule has 0 amide bonds. The summed E-state index contributed by atoms with van der Waals surface area (Å²) in [6, 6.07) is 0. The van der Waals surface area contributed by atoms with E-state index < -0.39 is 0 Å². The lowest BCUT2D eigenvalue weighted by Gasteiger charge is -2.45. The van der Waals surface area contributed by atoms with Gasteiger partial charge in [-0.3, -0.25) is 0 Å². The number of rotatable bonds is 9. The van der Waals surface area contributed by atoms with Gasteiger partial charge < -0.3 is 15.0 Å². The minimum atomic E-state index is 0.124. The van der Waals surface area contributed by atoms with Gasteiger partial charge in [0.05, 0.1) is 12.2 Å². The molecular weight excluding hydrogens is 224 g/mol. The van der Waals surface area contributed by atoms with Gasteiger partial charge in [0.1, 0.15) is 0 Å². The predicted molar refractivity (Wildman–Crippen MR) is 78.1 cm³/mol. The first-order chi connectivity index (χ1) is 8.42. The average Bonchev–Trinajstić information content (AvgIpc) is 2.26. The number of ether oxygens (including phenoxy) is 1. The van der Waals surface area contributed by atoms with Crippen molar-refractivity contribution in [3.05, 3.63) is 0 Å². The third kappa shape index (κ3) is 4.52. The Morgan fingerprint density at radius 3 is 2.33 bits per heavy atom. The van der Waals surface area contributed by atoms with E-state index >= 15 is 0 Å². The first-order valence-electron chi connectivity index (χ1n) is 7.44. The van der Waals surface area contributed by atoms with E-state index in [1.807, 2.05) is 0 Å². The van der Waals surface area contributed by atoms with Crippen LogP contribution in [0.3, 0.4) is 0 Å². The quantitative estimate of drug-likeness (QED) is 0.642. The molecule has 1 rings (SSSR count). The van der Waals surface area contributed by atoms with Crippen molar-refractivity contribution >= 4 is 0 Å². The zero-order valence-corrected chi connectivity index (χ0v) is 13.0. The second-order valence-electron chi connectivity index (χ2n) is 6.53. The molecular formula is C15H32N2O. The summed E-state index contributed by atoms with van der Waals surface area (Å²) in [5.74, 6) is 0. The Kier molecular flexibility index (Phi) is 6.09. The van der Waals surface area contributed by atoms with E-state index in [4.69, 9.17) is 4.74 Å². The van der Waals surface area contributed by atoms with Gasteiger partial charge in [-0.1, -0.05) is 6.92 Å². The molecule has 0 aromatic carbocycles. The summed E-state index contributed by atoms with van der Waals surface area (Å²) < 4.78 is 6.29. The standard InChI is InChI=1S/C15H32N2O/c1-6-11-16-12-10-15(8-7-9-15)18-13-14(2,3)17(4)5/h16H,6-13H2,1-5H3. The summed E-state index contributed by atoms with van der Waals surface area (Å²) in [7, 11) is 4.25.